The summed E-state index contributed by atoms with van der Waals surface area (Å²) in [5, 5.41) is 18.4. The van der Waals surface area contributed by atoms with E-state index in [0.717, 1.165) is 23.3 Å². The molecule has 5 heteroatoms. The molecule has 3 rings (SSSR count). The maximum atomic E-state index is 13.0. The lowest BCUT2D eigenvalue weighted by Crippen LogP contribution is -2.11. The molecular weight excluding hydrogens is 332 g/mol. The van der Waals surface area contributed by atoms with Crippen molar-refractivity contribution in [3.8, 4) is 11.1 Å². The van der Waals surface area contributed by atoms with Gasteiger partial charge in [0.2, 0.25) is 0 Å². The number of benzene rings is 3. The highest BCUT2D eigenvalue weighted by Gasteiger charge is 2.20. The molecule has 3 aromatic carbocycles. The van der Waals surface area contributed by atoms with Crippen molar-refractivity contribution in [2.75, 3.05) is 0 Å². The maximum absolute atomic E-state index is 13.0. The van der Waals surface area contributed by atoms with Gasteiger partial charge >= 0.3 is 11.9 Å². The van der Waals surface area contributed by atoms with Crippen molar-refractivity contribution >= 4 is 17.7 Å². The fourth-order valence-corrected chi connectivity index (χ4v) is 2.75. The summed E-state index contributed by atoms with van der Waals surface area (Å²) in [6, 6.07) is 19.9. The zero-order chi connectivity index (χ0) is 18.7. The molecule has 0 unspecified atom stereocenters. The molecule has 26 heavy (non-hydrogen) atoms. The van der Waals surface area contributed by atoms with Crippen LogP contribution in [0, 0.1) is 0 Å². The molecule has 0 saturated carbocycles. The number of hydrogen-bond donors (Lipinski definition) is 2. The van der Waals surface area contributed by atoms with Crippen molar-refractivity contribution in [1.29, 1.82) is 0 Å². The molecule has 0 aliphatic carbocycles. The number of carboxylic acid groups (broad SMARTS) is 2. The fraction of sp³-hybridized carbons (Fsp3) is 0. The summed E-state index contributed by atoms with van der Waals surface area (Å²) < 4.78 is 0. The number of aromatic carboxylic acids is 2. The molecule has 0 fully saturated rings. The molecule has 0 amide bonds. The lowest BCUT2D eigenvalue weighted by atomic mass is 9.92. The summed E-state index contributed by atoms with van der Waals surface area (Å²) in [4.78, 5) is 35.5. The van der Waals surface area contributed by atoms with Gasteiger partial charge in [-0.2, -0.15) is 0 Å². The van der Waals surface area contributed by atoms with Gasteiger partial charge in [0, 0.05) is 11.1 Å². The first-order valence-electron chi connectivity index (χ1n) is 7.79. The van der Waals surface area contributed by atoms with Gasteiger partial charge in [-0.3, -0.25) is 4.79 Å². The normalized spacial score (nSPS) is 10.3. The van der Waals surface area contributed by atoms with Crippen LogP contribution in [0.5, 0.6) is 0 Å². The van der Waals surface area contributed by atoms with E-state index >= 15 is 0 Å². The van der Waals surface area contributed by atoms with Crippen LogP contribution in [0.1, 0.15) is 36.6 Å². The Morgan fingerprint density at radius 1 is 0.615 bits per heavy atom. The zero-order valence-electron chi connectivity index (χ0n) is 13.5. The van der Waals surface area contributed by atoms with Gasteiger partial charge in [0.15, 0.2) is 5.78 Å². The third-order valence-corrected chi connectivity index (χ3v) is 4.00. The Labute approximate surface area is 149 Å². The molecule has 0 bridgehead atoms. The molecule has 3 aromatic rings. The van der Waals surface area contributed by atoms with E-state index in [1.54, 1.807) is 12.1 Å². The Bertz CT molecular complexity index is 1010. The SMILES string of the molecule is O=C(O)c1ccc(C(=O)c2ccccc2-c2ccccc2)cc1C(=O)O. The molecule has 0 heterocycles. The highest BCUT2D eigenvalue weighted by Crippen LogP contribution is 2.26. The van der Waals surface area contributed by atoms with Crippen molar-refractivity contribution in [1.82, 2.24) is 0 Å². The number of hydrogen-bond acceptors (Lipinski definition) is 3. The number of carbonyl (C=O) groups excluding carboxylic acids is 1. The van der Waals surface area contributed by atoms with Crippen LogP contribution in [0.4, 0.5) is 0 Å². The summed E-state index contributed by atoms with van der Waals surface area (Å²) in [6.45, 7) is 0. The standard InChI is InChI=1S/C21H14O5/c22-19(14-10-11-17(20(23)24)18(12-14)21(25)26)16-9-5-4-8-15(16)13-6-2-1-3-7-13/h1-12H,(H,23,24)(H,25,26). The van der Waals surface area contributed by atoms with Gasteiger partial charge < -0.3 is 10.2 Å². The van der Waals surface area contributed by atoms with Crippen molar-refractivity contribution in [3.05, 3.63) is 95.1 Å². The van der Waals surface area contributed by atoms with Crippen LogP contribution in [0.25, 0.3) is 11.1 Å². The number of rotatable bonds is 5. The maximum Gasteiger partial charge on any atom is 0.336 e. The summed E-state index contributed by atoms with van der Waals surface area (Å²) in [5.41, 5.74) is 1.34. The lowest BCUT2D eigenvalue weighted by molar-refractivity contribution is 0.0651. The minimum absolute atomic E-state index is 0.121. The first kappa shape index (κ1) is 17.1. The van der Waals surface area contributed by atoms with Crippen LogP contribution >= 0.6 is 0 Å². The van der Waals surface area contributed by atoms with Crippen LogP contribution < -0.4 is 0 Å². The zero-order valence-corrected chi connectivity index (χ0v) is 13.5. The quantitative estimate of drug-likeness (QED) is 0.682. The third kappa shape index (κ3) is 3.23. The molecule has 0 radical (unpaired) electrons. The first-order valence-corrected chi connectivity index (χ1v) is 7.79. The summed E-state index contributed by atoms with van der Waals surface area (Å²) >= 11 is 0. The second-order valence-corrected chi connectivity index (χ2v) is 5.61. The van der Waals surface area contributed by atoms with Crippen LogP contribution in [-0.4, -0.2) is 27.9 Å². The average molecular weight is 346 g/mol. The van der Waals surface area contributed by atoms with Gasteiger partial charge in [-0.15, -0.1) is 0 Å². The molecule has 0 aliphatic rings. The van der Waals surface area contributed by atoms with Crippen molar-refractivity contribution in [2.24, 2.45) is 0 Å². The van der Waals surface area contributed by atoms with Gasteiger partial charge in [-0.05, 0) is 23.3 Å². The van der Waals surface area contributed by atoms with Gasteiger partial charge in [0.05, 0.1) is 11.1 Å². The predicted molar refractivity (Wildman–Crippen MR) is 95.7 cm³/mol. The smallest absolute Gasteiger partial charge is 0.336 e. The Hall–Kier alpha value is -3.73. The van der Waals surface area contributed by atoms with E-state index in [0.29, 0.717) is 5.56 Å². The van der Waals surface area contributed by atoms with E-state index in [-0.39, 0.29) is 16.9 Å². The lowest BCUT2D eigenvalue weighted by Gasteiger charge is -2.10. The topological polar surface area (TPSA) is 91.7 Å². The fourth-order valence-electron chi connectivity index (χ4n) is 2.75. The van der Waals surface area contributed by atoms with Crippen LogP contribution in [0.2, 0.25) is 0 Å². The van der Waals surface area contributed by atoms with Gasteiger partial charge in [0.1, 0.15) is 0 Å². The largest absolute Gasteiger partial charge is 0.478 e. The monoisotopic (exact) mass is 346 g/mol. The molecule has 0 atom stereocenters. The van der Waals surface area contributed by atoms with Crippen LogP contribution in [0.3, 0.4) is 0 Å². The Morgan fingerprint density at radius 2 is 1.23 bits per heavy atom. The van der Waals surface area contributed by atoms with Gasteiger partial charge in [-0.25, -0.2) is 9.59 Å². The second kappa shape index (κ2) is 7.03. The van der Waals surface area contributed by atoms with E-state index in [4.69, 9.17) is 5.11 Å². The van der Waals surface area contributed by atoms with E-state index in [2.05, 4.69) is 0 Å². The van der Waals surface area contributed by atoms with E-state index in [1.165, 1.54) is 6.07 Å². The van der Waals surface area contributed by atoms with Crippen molar-refractivity contribution < 1.29 is 24.6 Å². The molecular formula is C21H14O5. The molecule has 2 N–H and O–H groups in total. The highest BCUT2D eigenvalue weighted by atomic mass is 16.4. The predicted octanol–water partition coefficient (Wildman–Crippen LogP) is 3.98. The molecule has 0 aromatic heterocycles. The number of ketones is 1. The van der Waals surface area contributed by atoms with Crippen LogP contribution in [0.15, 0.2) is 72.8 Å². The molecule has 0 aliphatic heterocycles. The molecule has 0 spiro atoms. The second-order valence-electron chi connectivity index (χ2n) is 5.61. The Kier molecular flexibility index (Phi) is 4.62. The Balaban J connectivity index is 2.10. The number of carbonyl (C=O) groups is 3. The Morgan fingerprint density at radius 3 is 1.88 bits per heavy atom. The molecule has 128 valence electrons. The minimum Gasteiger partial charge on any atom is -0.478 e. The van der Waals surface area contributed by atoms with Gasteiger partial charge in [0.25, 0.3) is 0 Å². The first-order chi connectivity index (χ1) is 12.5. The van der Waals surface area contributed by atoms with E-state index in [9.17, 15) is 19.5 Å². The number of carboxylic acids is 2. The summed E-state index contributed by atoms with van der Waals surface area (Å²) in [7, 11) is 0. The average Bonchev–Trinajstić information content (AvgIpc) is 2.67. The third-order valence-electron chi connectivity index (χ3n) is 4.00. The van der Waals surface area contributed by atoms with Crippen LogP contribution in [-0.2, 0) is 0 Å². The van der Waals surface area contributed by atoms with E-state index < -0.39 is 17.5 Å². The van der Waals surface area contributed by atoms with Gasteiger partial charge in [-0.1, -0.05) is 60.7 Å². The van der Waals surface area contributed by atoms with E-state index in [1.807, 2.05) is 42.5 Å². The van der Waals surface area contributed by atoms with Crippen molar-refractivity contribution in [3.63, 3.8) is 0 Å². The molecule has 5 nitrogen and oxygen atoms in total. The highest BCUT2D eigenvalue weighted by molar-refractivity contribution is 6.14. The van der Waals surface area contributed by atoms with Crippen molar-refractivity contribution in [2.45, 2.75) is 0 Å². The molecule has 0 saturated heterocycles. The summed E-state index contributed by atoms with van der Waals surface area (Å²) in [6.07, 6.45) is 0. The summed E-state index contributed by atoms with van der Waals surface area (Å²) in [5.74, 6) is -3.12. The minimum atomic E-state index is -1.40.